The molecule has 1 unspecified atom stereocenters. The zero-order valence-electron chi connectivity index (χ0n) is 20.2. The van der Waals surface area contributed by atoms with E-state index in [2.05, 4.69) is 5.32 Å². The molecule has 1 aromatic heterocycles. The van der Waals surface area contributed by atoms with Crippen LogP contribution in [0.4, 0.5) is 14.9 Å². The van der Waals surface area contributed by atoms with E-state index in [4.69, 9.17) is 4.98 Å². The van der Waals surface area contributed by atoms with Gasteiger partial charge in [-0.3, -0.25) is 9.36 Å². The van der Waals surface area contributed by atoms with Crippen molar-refractivity contribution in [1.82, 2.24) is 14.5 Å². The molecular weight excluding hydrogens is 443 g/mol. The summed E-state index contributed by atoms with van der Waals surface area (Å²) >= 11 is 0. The molecule has 0 radical (unpaired) electrons. The molecule has 2 amide bonds. The van der Waals surface area contributed by atoms with Gasteiger partial charge in [-0.1, -0.05) is 55.3 Å². The molecule has 4 aromatic rings. The van der Waals surface area contributed by atoms with Crippen molar-refractivity contribution in [2.75, 3.05) is 11.9 Å². The first-order valence-electron chi connectivity index (χ1n) is 11.8. The largest absolute Gasteiger partial charge is 0.322 e. The van der Waals surface area contributed by atoms with Gasteiger partial charge in [-0.05, 0) is 56.7 Å². The van der Waals surface area contributed by atoms with Gasteiger partial charge in [-0.2, -0.15) is 0 Å². The number of fused-ring (bicyclic) bond motifs is 1. The predicted molar refractivity (Wildman–Crippen MR) is 138 cm³/mol. The van der Waals surface area contributed by atoms with Gasteiger partial charge >= 0.3 is 6.03 Å². The van der Waals surface area contributed by atoms with E-state index in [9.17, 15) is 14.0 Å². The maximum absolute atomic E-state index is 14.2. The lowest BCUT2D eigenvalue weighted by Gasteiger charge is -2.30. The van der Waals surface area contributed by atoms with Gasteiger partial charge in [0.25, 0.3) is 5.56 Å². The van der Waals surface area contributed by atoms with Gasteiger partial charge in [-0.25, -0.2) is 14.2 Å². The minimum atomic E-state index is -0.563. The summed E-state index contributed by atoms with van der Waals surface area (Å²) in [5.41, 5.74) is 2.21. The number of hydrogen-bond donors (Lipinski definition) is 1. The number of nitrogens with one attached hydrogen (secondary N) is 1. The Labute approximate surface area is 204 Å². The van der Waals surface area contributed by atoms with E-state index in [1.165, 1.54) is 12.1 Å². The Morgan fingerprint density at radius 2 is 1.74 bits per heavy atom. The van der Waals surface area contributed by atoms with E-state index in [1.807, 2.05) is 57.2 Å². The van der Waals surface area contributed by atoms with Gasteiger partial charge in [-0.15, -0.1) is 0 Å². The molecule has 1 atom stereocenters. The van der Waals surface area contributed by atoms with E-state index in [0.717, 1.165) is 18.4 Å². The van der Waals surface area contributed by atoms with E-state index in [0.29, 0.717) is 29.0 Å². The van der Waals surface area contributed by atoms with E-state index >= 15 is 0 Å². The summed E-state index contributed by atoms with van der Waals surface area (Å²) in [5.74, 6) is -0.0679. The first-order chi connectivity index (χ1) is 16.9. The van der Waals surface area contributed by atoms with Crippen LogP contribution in [0.25, 0.3) is 16.6 Å². The first kappa shape index (κ1) is 24.1. The summed E-state index contributed by atoms with van der Waals surface area (Å²) in [6, 6.07) is 19.9. The third-order valence-corrected chi connectivity index (χ3v) is 6.06. The molecule has 4 rings (SSSR count). The normalized spacial score (nSPS) is 11.9. The van der Waals surface area contributed by atoms with Crippen LogP contribution in [0.1, 0.15) is 44.1 Å². The number of aryl methyl sites for hydroxylation is 1. The molecule has 6 nitrogen and oxygen atoms in total. The van der Waals surface area contributed by atoms with Gasteiger partial charge < -0.3 is 10.2 Å². The third-order valence-electron chi connectivity index (χ3n) is 6.06. The number of para-hydroxylation sites is 2. The van der Waals surface area contributed by atoms with Gasteiger partial charge in [0.15, 0.2) is 0 Å². The van der Waals surface area contributed by atoms with Gasteiger partial charge in [0, 0.05) is 6.54 Å². The molecule has 0 spiro atoms. The van der Waals surface area contributed by atoms with Crippen molar-refractivity contribution in [2.45, 2.75) is 39.7 Å². The quantitative estimate of drug-likeness (QED) is 0.347. The number of rotatable bonds is 7. The van der Waals surface area contributed by atoms with Crippen molar-refractivity contribution >= 4 is 22.6 Å². The molecule has 0 aliphatic heterocycles. The number of benzene rings is 3. The number of carbonyl (C=O) groups excluding carboxylic acids is 1. The fourth-order valence-electron chi connectivity index (χ4n) is 4.06. The van der Waals surface area contributed by atoms with Crippen LogP contribution in [-0.2, 0) is 0 Å². The summed E-state index contributed by atoms with van der Waals surface area (Å²) in [6.07, 6.45) is 1.61. The van der Waals surface area contributed by atoms with Crippen molar-refractivity contribution in [1.29, 1.82) is 0 Å². The highest BCUT2D eigenvalue weighted by molar-refractivity contribution is 5.89. The lowest BCUT2D eigenvalue weighted by Crippen LogP contribution is -2.40. The molecule has 3 aromatic carbocycles. The molecular formula is C28H29FN4O2. The minimum Gasteiger partial charge on any atom is -0.315 e. The van der Waals surface area contributed by atoms with Gasteiger partial charge in [0.2, 0.25) is 0 Å². The molecule has 0 bridgehead atoms. The van der Waals surface area contributed by atoms with Gasteiger partial charge in [0.05, 0.1) is 28.3 Å². The van der Waals surface area contributed by atoms with Crippen LogP contribution in [0.2, 0.25) is 0 Å². The standard InChI is InChI=1S/C28H29FN4O2/c1-4-5-18-32(28(35)31-25-13-9-7-11-23(25)29)20(3)26-30-24-12-8-6-10-22(24)27(34)33(26)21-16-14-19(2)15-17-21/h6-17,20H,4-5,18H2,1-3H3,(H,31,35). The van der Waals surface area contributed by atoms with Crippen molar-refractivity contribution in [3.8, 4) is 5.69 Å². The number of carbonyl (C=O) groups is 1. The maximum Gasteiger partial charge on any atom is 0.322 e. The Morgan fingerprint density at radius 1 is 1.06 bits per heavy atom. The summed E-state index contributed by atoms with van der Waals surface area (Å²) in [4.78, 5) is 33.4. The van der Waals surface area contributed by atoms with Crippen molar-refractivity contribution < 1.29 is 9.18 Å². The number of amides is 2. The topological polar surface area (TPSA) is 67.2 Å². The highest BCUT2D eigenvalue weighted by Gasteiger charge is 2.27. The monoisotopic (exact) mass is 472 g/mol. The molecule has 0 saturated carbocycles. The fourth-order valence-corrected chi connectivity index (χ4v) is 4.06. The summed E-state index contributed by atoms with van der Waals surface area (Å²) in [7, 11) is 0. The van der Waals surface area contributed by atoms with Gasteiger partial charge in [0.1, 0.15) is 11.6 Å². The number of urea groups is 1. The summed E-state index contributed by atoms with van der Waals surface area (Å²) in [6.45, 7) is 6.29. The highest BCUT2D eigenvalue weighted by Crippen LogP contribution is 2.25. The summed E-state index contributed by atoms with van der Waals surface area (Å²) in [5, 5.41) is 3.19. The van der Waals surface area contributed by atoms with Crippen LogP contribution in [0.3, 0.4) is 0 Å². The smallest absolute Gasteiger partial charge is 0.315 e. The second-order valence-corrected chi connectivity index (χ2v) is 8.60. The molecule has 1 N–H and O–H groups in total. The van der Waals surface area contributed by atoms with Crippen LogP contribution in [0.5, 0.6) is 0 Å². The number of unbranched alkanes of at least 4 members (excludes halogenated alkanes) is 1. The van der Waals surface area contributed by atoms with Crippen molar-refractivity contribution in [3.05, 3.63) is 100 Å². The molecule has 180 valence electrons. The second-order valence-electron chi connectivity index (χ2n) is 8.60. The molecule has 0 saturated heterocycles. The SMILES string of the molecule is CCCCN(C(=O)Nc1ccccc1F)C(C)c1nc2ccccc2c(=O)n1-c1ccc(C)cc1. The molecule has 0 aliphatic carbocycles. The first-order valence-corrected chi connectivity index (χ1v) is 11.8. The van der Waals surface area contributed by atoms with Crippen molar-refractivity contribution in [3.63, 3.8) is 0 Å². The van der Waals surface area contributed by atoms with Crippen LogP contribution in [0, 0.1) is 12.7 Å². The summed E-state index contributed by atoms with van der Waals surface area (Å²) < 4.78 is 15.8. The third kappa shape index (κ3) is 5.09. The number of nitrogens with zero attached hydrogens (tertiary/aromatic N) is 3. The highest BCUT2D eigenvalue weighted by atomic mass is 19.1. The fraction of sp³-hybridized carbons (Fsp3) is 0.250. The molecule has 35 heavy (non-hydrogen) atoms. The Hall–Kier alpha value is -4.00. The second kappa shape index (κ2) is 10.5. The molecule has 0 fully saturated rings. The molecule has 0 aliphatic rings. The lowest BCUT2D eigenvalue weighted by molar-refractivity contribution is 0.188. The minimum absolute atomic E-state index is 0.105. The zero-order valence-corrected chi connectivity index (χ0v) is 20.2. The number of aromatic nitrogens is 2. The van der Waals surface area contributed by atoms with Crippen LogP contribution >= 0.6 is 0 Å². The average molecular weight is 473 g/mol. The van der Waals surface area contributed by atoms with E-state index < -0.39 is 17.9 Å². The number of hydrogen-bond acceptors (Lipinski definition) is 3. The zero-order chi connectivity index (χ0) is 24.9. The van der Waals surface area contributed by atoms with E-state index in [1.54, 1.807) is 33.7 Å². The Bertz CT molecular complexity index is 1400. The lowest BCUT2D eigenvalue weighted by atomic mass is 10.1. The van der Waals surface area contributed by atoms with Crippen LogP contribution in [-0.4, -0.2) is 27.0 Å². The van der Waals surface area contributed by atoms with Crippen molar-refractivity contribution in [2.24, 2.45) is 0 Å². The molecule has 1 heterocycles. The predicted octanol–water partition coefficient (Wildman–Crippen LogP) is 6.23. The maximum atomic E-state index is 14.2. The van der Waals surface area contributed by atoms with E-state index in [-0.39, 0.29) is 11.2 Å². The number of halogens is 1. The molecule has 7 heteroatoms. The Morgan fingerprint density at radius 3 is 2.46 bits per heavy atom. The van der Waals surface area contributed by atoms with Crippen LogP contribution < -0.4 is 10.9 Å². The Balaban J connectivity index is 1.83. The average Bonchev–Trinajstić information content (AvgIpc) is 2.86. The Kier molecular flexibility index (Phi) is 7.25. The van der Waals surface area contributed by atoms with Crippen LogP contribution in [0.15, 0.2) is 77.6 Å². The number of anilines is 1.